The van der Waals surface area contributed by atoms with Crippen molar-refractivity contribution in [2.24, 2.45) is 0 Å². The van der Waals surface area contributed by atoms with Crippen molar-refractivity contribution >= 4 is 15.5 Å². The highest BCUT2D eigenvalue weighted by atomic mass is 28.5. The van der Waals surface area contributed by atoms with Gasteiger partial charge >= 0.3 is 9.08 Å². The Morgan fingerprint density at radius 2 is 2.00 bits per heavy atom. The average Bonchev–Trinajstić information content (AvgIpc) is 1.78. The third-order valence-electron chi connectivity index (χ3n) is 0.790. The molecule has 0 atom stereocenters. The van der Waals surface area contributed by atoms with Crippen molar-refractivity contribution in [3.8, 4) is 0 Å². The number of carbonyl (C=O) groups is 1. The van der Waals surface area contributed by atoms with Crippen molar-refractivity contribution in [2.45, 2.75) is 12.5 Å². The lowest BCUT2D eigenvalue weighted by Gasteiger charge is -1.99. The van der Waals surface area contributed by atoms with E-state index in [1.165, 1.54) is 0 Å². The number of hydrogen-bond donors (Lipinski definition) is 0. The van der Waals surface area contributed by atoms with Gasteiger partial charge in [-0.25, -0.2) is 12.3 Å². The number of hydrogen-bond acceptors (Lipinski definition) is 2. The Kier molecular flexibility index (Phi) is 4.09. The first-order valence-electron chi connectivity index (χ1n) is 2.68. The molecule has 0 radical (unpaired) electrons. The monoisotopic (exact) mass is 172 g/mol. The SMILES string of the molecule is O=COCCC[Si](F)(F)F. The van der Waals surface area contributed by atoms with Crippen LogP contribution in [0.5, 0.6) is 0 Å². The lowest BCUT2D eigenvalue weighted by Crippen LogP contribution is -2.14. The van der Waals surface area contributed by atoms with Gasteiger partial charge in [0.1, 0.15) is 0 Å². The van der Waals surface area contributed by atoms with Crippen LogP contribution in [0, 0.1) is 0 Å². The predicted molar refractivity (Wildman–Crippen MR) is 30.5 cm³/mol. The van der Waals surface area contributed by atoms with Gasteiger partial charge in [-0.1, -0.05) is 0 Å². The summed E-state index contributed by atoms with van der Waals surface area (Å²) in [5, 5.41) is 0. The van der Waals surface area contributed by atoms with Gasteiger partial charge in [-0.05, 0) is 6.42 Å². The minimum Gasteiger partial charge on any atom is -0.468 e. The molecule has 0 N–H and O–H groups in total. The van der Waals surface area contributed by atoms with Crippen molar-refractivity contribution in [2.75, 3.05) is 6.61 Å². The van der Waals surface area contributed by atoms with Crippen LogP contribution in [-0.2, 0) is 9.53 Å². The largest absolute Gasteiger partial charge is 0.616 e. The van der Waals surface area contributed by atoms with Gasteiger partial charge in [0.25, 0.3) is 6.47 Å². The van der Waals surface area contributed by atoms with Gasteiger partial charge < -0.3 is 4.74 Å². The minimum atomic E-state index is -5.40. The maximum atomic E-state index is 11.5. The van der Waals surface area contributed by atoms with Crippen molar-refractivity contribution in [1.29, 1.82) is 0 Å². The van der Waals surface area contributed by atoms with Gasteiger partial charge in [-0.2, -0.15) is 0 Å². The molecule has 0 aliphatic carbocycles. The zero-order valence-corrected chi connectivity index (χ0v) is 6.15. The fourth-order valence-electron chi connectivity index (χ4n) is 0.404. The van der Waals surface area contributed by atoms with Crippen LogP contribution in [0.25, 0.3) is 0 Å². The number of carbonyl (C=O) groups excluding carboxylic acids is 1. The molecule has 0 saturated carbocycles. The number of halogens is 3. The third kappa shape index (κ3) is 7.48. The number of rotatable bonds is 5. The fourth-order valence-corrected chi connectivity index (χ4v) is 0.949. The summed E-state index contributed by atoms with van der Waals surface area (Å²) in [5.41, 5.74) is 0. The summed E-state index contributed by atoms with van der Waals surface area (Å²) in [4.78, 5) is 9.44. The molecule has 10 heavy (non-hydrogen) atoms. The molecule has 0 rings (SSSR count). The second-order valence-corrected chi connectivity index (χ2v) is 3.42. The molecule has 0 aromatic carbocycles. The van der Waals surface area contributed by atoms with Crippen LogP contribution in [-0.4, -0.2) is 22.2 Å². The summed E-state index contributed by atoms with van der Waals surface area (Å²) in [6.07, 6.45) is -0.103. The van der Waals surface area contributed by atoms with Gasteiger partial charge in [-0.15, -0.1) is 0 Å². The molecule has 0 aliphatic heterocycles. The quantitative estimate of drug-likeness (QED) is 0.271. The third-order valence-corrected chi connectivity index (χ3v) is 1.71. The molecule has 0 bridgehead atoms. The second kappa shape index (κ2) is 4.32. The Balaban J connectivity index is 3.12. The van der Waals surface area contributed by atoms with Crippen LogP contribution >= 0.6 is 0 Å². The average molecular weight is 172 g/mol. The van der Waals surface area contributed by atoms with Gasteiger partial charge in [0.15, 0.2) is 0 Å². The van der Waals surface area contributed by atoms with Crippen molar-refractivity contribution in [3.05, 3.63) is 0 Å². The molecule has 0 spiro atoms. The van der Waals surface area contributed by atoms with E-state index in [1.54, 1.807) is 0 Å². The molecular formula is C4H7F3O2Si. The first kappa shape index (κ1) is 9.48. The highest BCUT2D eigenvalue weighted by molar-refractivity contribution is 6.58. The molecule has 0 heterocycles. The van der Waals surface area contributed by atoms with Crippen LogP contribution in [0.4, 0.5) is 12.3 Å². The van der Waals surface area contributed by atoms with E-state index >= 15 is 0 Å². The Bertz CT molecular complexity index is 103. The molecule has 60 valence electrons. The summed E-state index contributed by atoms with van der Waals surface area (Å²) < 4.78 is 38.5. The Morgan fingerprint density at radius 3 is 2.40 bits per heavy atom. The maximum absolute atomic E-state index is 11.5. The molecule has 2 nitrogen and oxygen atoms in total. The normalized spacial score (nSPS) is 11.1. The van der Waals surface area contributed by atoms with E-state index in [-0.39, 0.29) is 19.5 Å². The molecule has 0 unspecified atom stereocenters. The predicted octanol–water partition coefficient (Wildman–Crippen LogP) is 1.40. The van der Waals surface area contributed by atoms with Gasteiger partial charge in [-0.3, -0.25) is 4.79 Å². The van der Waals surface area contributed by atoms with Gasteiger partial charge in [0.05, 0.1) is 6.61 Å². The summed E-state index contributed by atoms with van der Waals surface area (Å²) in [5.74, 6) is 0. The first-order chi connectivity index (χ1) is 4.56. The molecule has 0 amide bonds. The molecule has 0 aromatic heterocycles. The topological polar surface area (TPSA) is 26.3 Å². The van der Waals surface area contributed by atoms with Crippen LogP contribution in [0.3, 0.4) is 0 Å². The highest BCUT2D eigenvalue weighted by Gasteiger charge is 2.35. The van der Waals surface area contributed by atoms with E-state index in [0.717, 1.165) is 0 Å². The Hall–Kier alpha value is -0.523. The van der Waals surface area contributed by atoms with E-state index in [2.05, 4.69) is 4.74 Å². The summed E-state index contributed by atoms with van der Waals surface area (Å²) in [6, 6.07) is -0.763. The Morgan fingerprint density at radius 1 is 1.40 bits per heavy atom. The first-order valence-corrected chi connectivity index (χ1v) is 4.52. The second-order valence-electron chi connectivity index (χ2n) is 1.69. The van der Waals surface area contributed by atoms with Gasteiger partial charge in [0.2, 0.25) is 0 Å². The Labute approximate surface area is 57.5 Å². The molecule has 6 heteroatoms. The van der Waals surface area contributed by atoms with E-state index in [9.17, 15) is 17.1 Å². The van der Waals surface area contributed by atoms with Gasteiger partial charge in [0, 0.05) is 6.04 Å². The standard InChI is InChI=1S/C4H7F3O2Si/c5-10(6,7)3-1-2-9-4-8/h4H,1-3H2. The van der Waals surface area contributed by atoms with Crippen molar-refractivity contribution in [1.82, 2.24) is 0 Å². The van der Waals surface area contributed by atoms with E-state index in [4.69, 9.17) is 0 Å². The number of ether oxygens (including phenoxy) is 1. The zero-order chi connectivity index (χ0) is 8.04. The highest BCUT2D eigenvalue weighted by Crippen LogP contribution is 2.16. The van der Waals surface area contributed by atoms with Crippen LogP contribution in [0.15, 0.2) is 0 Å². The van der Waals surface area contributed by atoms with E-state index in [0.29, 0.717) is 0 Å². The zero-order valence-electron chi connectivity index (χ0n) is 5.15. The van der Waals surface area contributed by atoms with Crippen LogP contribution in [0.2, 0.25) is 6.04 Å². The molecule has 0 aliphatic rings. The van der Waals surface area contributed by atoms with Crippen molar-refractivity contribution in [3.63, 3.8) is 0 Å². The smallest absolute Gasteiger partial charge is 0.468 e. The summed E-state index contributed by atoms with van der Waals surface area (Å²) >= 11 is 0. The summed E-state index contributed by atoms with van der Waals surface area (Å²) in [7, 11) is -5.40. The molecule has 0 aromatic rings. The lowest BCUT2D eigenvalue weighted by atomic mass is 10.5. The molecular weight excluding hydrogens is 165 g/mol. The van der Waals surface area contributed by atoms with E-state index in [1.807, 2.05) is 0 Å². The fraction of sp³-hybridized carbons (Fsp3) is 0.750. The minimum absolute atomic E-state index is 0.103. The van der Waals surface area contributed by atoms with Crippen LogP contribution in [0.1, 0.15) is 6.42 Å². The van der Waals surface area contributed by atoms with Crippen LogP contribution < -0.4 is 0 Å². The maximum Gasteiger partial charge on any atom is 0.616 e. The lowest BCUT2D eigenvalue weighted by molar-refractivity contribution is -0.128. The van der Waals surface area contributed by atoms with E-state index < -0.39 is 15.1 Å². The summed E-state index contributed by atoms with van der Waals surface area (Å²) in [6.45, 7) is 0.0218. The molecule has 0 saturated heterocycles. The van der Waals surface area contributed by atoms with Crippen molar-refractivity contribution < 1.29 is 21.9 Å². The molecule has 0 fully saturated rings.